The Labute approximate surface area is 127 Å². The van der Waals surface area contributed by atoms with Gasteiger partial charge in [-0.05, 0) is 17.9 Å². The van der Waals surface area contributed by atoms with E-state index in [1.165, 1.54) is 31.2 Å². The van der Waals surface area contributed by atoms with Gasteiger partial charge < -0.3 is 15.2 Å². The Balaban J connectivity index is 1.61. The third kappa shape index (κ3) is 4.06. The van der Waals surface area contributed by atoms with Crippen LogP contribution >= 0.6 is 0 Å². The summed E-state index contributed by atoms with van der Waals surface area (Å²) in [5, 5.41) is 14.3. The summed E-state index contributed by atoms with van der Waals surface area (Å²) in [7, 11) is 0. The van der Waals surface area contributed by atoms with Crippen molar-refractivity contribution < 1.29 is 9.84 Å². The van der Waals surface area contributed by atoms with Crippen LogP contribution in [0, 0.1) is 5.92 Å². The lowest BCUT2D eigenvalue weighted by Gasteiger charge is -2.36. The molecule has 1 aliphatic carbocycles. The Bertz CT molecular complexity index is 424. The van der Waals surface area contributed by atoms with Crippen molar-refractivity contribution in [2.45, 2.75) is 50.2 Å². The zero-order chi connectivity index (χ0) is 14.5. The van der Waals surface area contributed by atoms with Gasteiger partial charge in [0, 0.05) is 38.6 Å². The van der Waals surface area contributed by atoms with Crippen molar-refractivity contribution in [3.8, 4) is 0 Å². The van der Waals surface area contributed by atoms with Gasteiger partial charge in [0.15, 0.2) is 0 Å². The summed E-state index contributed by atoms with van der Waals surface area (Å²) in [5.74, 6) is 0.854. The first-order chi connectivity index (χ1) is 10.3. The SMILES string of the molecule is OC1(CNC(CC2CCC2)c2ccccc2)CCOCC1. The van der Waals surface area contributed by atoms with E-state index in [0.29, 0.717) is 25.8 Å². The molecular formula is C18H27NO2. The molecule has 0 bridgehead atoms. The van der Waals surface area contributed by atoms with Gasteiger partial charge in [-0.3, -0.25) is 0 Å². The minimum atomic E-state index is -0.592. The summed E-state index contributed by atoms with van der Waals surface area (Å²) in [6.07, 6.45) is 6.78. The third-order valence-electron chi connectivity index (χ3n) is 5.10. The average Bonchev–Trinajstić information content (AvgIpc) is 2.47. The van der Waals surface area contributed by atoms with Crippen molar-refractivity contribution in [1.29, 1.82) is 0 Å². The fourth-order valence-corrected chi connectivity index (χ4v) is 3.33. The second-order valence-corrected chi connectivity index (χ2v) is 6.71. The lowest BCUT2D eigenvalue weighted by Crippen LogP contribution is -2.46. The van der Waals surface area contributed by atoms with Gasteiger partial charge in [-0.2, -0.15) is 0 Å². The van der Waals surface area contributed by atoms with Gasteiger partial charge in [-0.1, -0.05) is 49.6 Å². The number of aliphatic hydroxyl groups is 1. The Hall–Kier alpha value is -0.900. The summed E-state index contributed by atoms with van der Waals surface area (Å²) in [6, 6.07) is 11.0. The average molecular weight is 289 g/mol. The quantitative estimate of drug-likeness (QED) is 0.846. The van der Waals surface area contributed by atoms with E-state index < -0.39 is 5.60 Å². The molecule has 1 heterocycles. The van der Waals surface area contributed by atoms with Crippen molar-refractivity contribution in [3.63, 3.8) is 0 Å². The van der Waals surface area contributed by atoms with Crippen LogP contribution in [0.25, 0.3) is 0 Å². The van der Waals surface area contributed by atoms with Crippen LogP contribution < -0.4 is 5.32 Å². The molecule has 2 aliphatic rings. The molecule has 116 valence electrons. The molecule has 0 aromatic heterocycles. The zero-order valence-electron chi connectivity index (χ0n) is 12.8. The second-order valence-electron chi connectivity index (χ2n) is 6.71. The summed E-state index contributed by atoms with van der Waals surface area (Å²) in [4.78, 5) is 0. The minimum absolute atomic E-state index is 0.364. The fourth-order valence-electron chi connectivity index (χ4n) is 3.33. The van der Waals surface area contributed by atoms with Gasteiger partial charge in [0.05, 0.1) is 5.60 Å². The highest BCUT2D eigenvalue weighted by Gasteiger charge is 2.31. The van der Waals surface area contributed by atoms with Crippen LogP contribution in [-0.4, -0.2) is 30.5 Å². The van der Waals surface area contributed by atoms with Crippen LogP contribution in [0.2, 0.25) is 0 Å². The number of ether oxygens (including phenoxy) is 1. The number of rotatable bonds is 6. The molecule has 1 aromatic carbocycles. The van der Waals surface area contributed by atoms with Gasteiger partial charge in [0.25, 0.3) is 0 Å². The highest BCUT2D eigenvalue weighted by atomic mass is 16.5. The molecule has 1 aliphatic heterocycles. The highest BCUT2D eigenvalue weighted by molar-refractivity contribution is 5.19. The molecule has 3 rings (SSSR count). The predicted molar refractivity (Wildman–Crippen MR) is 84.1 cm³/mol. The summed E-state index contributed by atoms with van der Waals surface area (Å²) in [6.45, 7) is 2.02. The van der Waals surface area contributed by atoms with E-state index in [9.17, 15) is 5.11 Å². The van der Waals surface area contributed by atoms with Crippen molar-refractivity contribution >= 4 is 0 Å². The maximum Gasteiger partial charge on any atom is 0.0815 e. The van der Waals surface area contributed by atoms with Crippen molar-refractivity contribution in [2.75, 3.05) is 19.8 Å². The van der Waals surface area contributed by atoms with Crippen LogP contribution in [0.15, 0.2) is 30.3 Å². The number of benzene rings is 1. The first kappa shape index (κ1) is 15.0. The second kappa shape index (κ2) is 6.91. The van der Waals surface area contributed by atoms with E-state index in [4.69, 9.17) is 4.74 Å². The van der Waals surface area contributed by atoms with Gasteiger partial charge in [0.1, 0.15) is 0 Å². The van der Waals surface area contributed by atoms with Crippen molar-refractivity contribution in [3.05, 3.63) is 35.9 Å². The monoisotopic (exact) mass is 289 g/mol. The summed E-state index contributed by atoms with van der Waals surface area (Å²) < 4.78 is 5.36. The molecule has 0 spiro atoms. The molecule has 2 fully saturated rings. The molecule has 1 unspecified atom stereocenters. The van der Waals surface area contributed by atoms with E-state index in [-0.39, 0.29) is 0 Å². The smallest absolute Gasteiger partial charge is 0.0815 e. The highest BCUT2D eigenvalue weighted by Crippen LogP contribution is 2.35. The van der Waals surface area contributed by atoms with Crippen LogP contribution in [0.1, 0.15) is 50.1 Å². The lowest BCUT2D eigenvalue weighted by atomic mass is 9.79. The fraction of sp³-hybridized carbons (Fsp3) is 0.667. The Kier molecular flexibility index (Phi) is 4.94. The molecule has 1 saturated heterocycles. The molecule has 2 N–H and O–H groups in total. The first-order valence-corrected chi connectivity index (χ1v) is 8.34. The van der Waals surface area contributed by atoms with Gasteiger partial charge in [-0.25, -0.2) is 0 Å². The standard InChI is InChI=1S/C18H27NO2/c20-18(9-11-21-12-10-18)14-19-17(13-15-5-4-6-15)16-7-2-1-3-8-16/h1-3,7-8,15,17,19-20H,4-6,9-14H2. The molecule has 0 radical (unpaired) electrons. The van der Waals surface area contributed by atoms with Crippen LogP contribution in [-0.2, 0) is 4.74 Å². The molecule has 3 heteroatoms. The first-order valence-electron chi connectivity index (χ1n) is 8.34. The molecule has 1 atom stereocenters. The van der Waals surface area contributed by atoms with Crippen LogP contribution in [0.5, 0.6) is 0 Å². The van der Waals surface area contributed by atoms with E-state index >= 15 is 0 Å². The van der Waals surface area contributed by atoms with Crippen LogP contribution in [0.4, 0.5) is 0 Å². The minimum Gasteiger partial charge on any atom is -0.388 e. The zero-order valence-corrected chi connectivity index (χ0v) is 12.8. The Morgan fingerprint density at radius 3 is 2.52 bits per heavy atom. The maximum absolute atomic E-state index is 10.6. The third-order valence-corrected chi connectivity index (χ3v) is 5.10. The normalized spacial score (nSPS) is 23.5. The summed E-state index contributed by atoms with van der Waals surface area (Å²) >= 11 is 0. The largest absolute Gasteiger partial charge is 0.388 e. The van der Waals surface area contributed by atoms with E-state index in [1.807, 2.05) is 0 Å². The Morgan fingerprint density at radius 1 is 1.19 bits per heavy atom. The van der Waals surface area contributed by atoms with Crippen LogP contribution in [0.3, 0.4) is 0 Å². The molecule has 1 aromatic rings. The maximum atomic E-state index is 10.6. The van der Waals surface area contributed by atoms with E-state index in [1.54, 1.807) is 0 Å². The van der Waals surface area contributed by atoms with Gasteiger partial charge in [-0.15, -0.1) is 0 Å². The molecule has 1 saturated carbocycles. The number of hydrogen-bond donors (Lipinski definition) is 2. The van der Waals surface area contributed by atoms with Crippen molar-refractivity contribution in [2.24, 2.45) is 5.92 Å². The van der Waals surface area contributed by atoms with Crippen molar-refractivity contribution in [1.82, 2.24) is 5.32 Å². The lowest BCUT2D eigenvalue weighted by molar-refractivity contribution is -0.0632. The number of nitrogens with one attached hydrogen (secondary N) is 1. The van der Waals surface area contributed by atoms with E-state index in [2.05, 4.69) is 35.6 Å². The van der Waals surface area contributed by atoms with Gasteiger partial charge in [0.2, 0.25) is 0 Å². The predicted octanol–water partition coefficient (Wildman–Crippen LogP) is 3.05. The molecule has 0 amide bonds. The molecule has 3 nitrogen and oxygen atoms in total. The molecular weight excluding hydrogens is 262 g/mol. The topological polar surface area (TPSA) is 41.5 Å². The Morgan fingerprint density at radius 2 is 1.90 bits per heavy atom. The van der Waals surface area contributed by atoms with Gasteiger partial charge >= 0.3 is 0 Å². The van der Waals surface area contributed by atoms with E-state index in [0.717, 1.165) is 18.8 Å². The number of hydrogen-bond acceptors (Lipinski definition) is 3. The summed E-state index contributed by atoms with van der Waals surface area (Å²) in [5.41, 5.74) is 0.755. The molecule has 21 heavy (non-hydrogen) atoms.